The van der Waals surface area contributed by atoms with Crippen LogP contribution >= 0.6 is 0 Å². The summed E-state index contributed by atoms with van der Waals surface area (Å²) in [5, 5.41) is 0. The van der Waals surface area contributed by atoms with Crippen molar-refractivity contribution in [3.05, 3.63) is 0 Å². The lowest BCUT2D eigenvalue weighted by molar-refractivity contribution is -0.108. The van der Waals surface area contributed by atoms with Crippen LogP contribution in [-0.2, 0) is 9.53 Å². The standard InChI is InChI=1S/C16H32O2/c1-3-5-7-8-11-16(10-6-4-2)12-15-18-14-9-13-17/h13,16H,3-12,14-15H2,1-2H3. The first-order chi connectivity index (χ1) is 8.85. The topological polar surface area (TPSA) is 26.3 Å². The second-order valence-corrected chi connectivity index (χ2v) is 5.21. The molecule has 0 aromatic rings. The third-order valence-corrected chi connectivity index (χ3v) is 3.48. The van der Waals surface area contributed by atoms with Gasteiger partial charge in [-0.25, -0.2) is 0 Å². The molecule has 0 aromatic heterocycles. The van der Waals surface area contributed by atoms with Crippen LogP contribution < -0.4 is 0 Å². The maximum absolute atomic E-state index is 10.2. The molecule has 0 fully saturated rings. The van der Waals surface area contributed by atoms with Crippen LogP contribution in [0.3, 0.4) is 0 Å². The lowest BCUT2D eigenvalue weighted by atomic mass is 9.92. The summed E-state index contributed by atoms with van der Waals surface area (Å²) >= 11 is 0. The predicted octanol–water partition coefficient (Wildman–Crippen LogP) is 4.76. The predicted molar refractivity (Wildman–Crippen MR) is 77.9 cm³/mol. The molecule has 0 bridgehead atoms. The lowest BCUT2D eigenvalue weighted by Gasteiger charge is -2.16. The summed E-state index contributed by atoms with van der Waals surface area (Å²) in [6.45, 7) is 5.94. The van der Waals surface area contributed by atoms with Gasteiger partial charge in [0.2, 0.25) is 0 Å². The quantitative estimate of drug-likeness (QED) is 0.331. The van der Waals surface area contributed by atoms with Gasteiger partial charge in [-0.05, 0) is 12.3 Å². The van der Waals surface area contributed by atoms with E-state index in [-0.39, 0.29) is 0 Å². The van der Waals surface area contributed by atoms with Gasteiger partial charge in [0.05, 0.1) is 6.61 Å². The Morgan fingerprint density at radius 2 is 1.61 bits per heavy atom. The Labute approximate surface area is 113 Å². The minimum Gasteiger partial charge on any atom is -0.381 e. The van der Waals surface area contributed by atoms with Crippen molar-refractivity contribution in [1.82, 2.24) is 0 Å². The number of hydrogen-bond acceptors (Lipinski definition) is 2. The minimum atomic E-state index is 0.538. The van der Waals surface area contributed by atoms with Crippen LogP contribution in [-0.4, -0.2) is 19.5 Å². The highest BCUT2D eigenvalue weighted by atomic mass is 16.5. The van der Waals surface area contributed by atoms with Crippen LogP contribution in [0.25, 0.3) is 0 Å². The fourth-order valence-corrected chi connectivity index (χ4v) is 2.27. The SMILES string of the molecule is CCCCCCC(CCCC)CCOCCC=O. The molecule has 2 heteroatoms. The molecule has 0 spiro atoms. The summed E-state index contributed by atoms with van der Waals surface area (Å²) in [6.07, 6.45) is 13.4. The molecule has 18 heavy (non-hydrogen) atoms. The molecule has 0 rings (SSSR count). The van der Waals surface area contributed by atoms with Crippen molar-refractivity contribution in [2.24, 2.45) is 5.92 Å². The fraction of sp³-hybridized carbons (Fsp3) is 0.938. The van der Waals surface area contributed by atoms with E-state index in [1.807, 2.05) is 0 Å². The highest BCUT2D eigenvalue weighted by Crippen LogP contribution is 2.20. The second kappa shape index (κ2) is 14.7. The van der Waals surface area contributed by atoms with E-state index in [2.05, 4.69) is 13.8 Å². The van der Waals surface area contributed by atoms with Crippen LogP contribution in [0.4, 0.5) is 0 Å². The molecule has 1 atom stereocenters. The van der Waals surface area contributed by atoms with Crippen LogP contribution in [0.15, 0.2) is 0 Å². The maximum atomic E-state index is 10.2. The van der Waals surface area contributed by atoms with Crippen LogP contribution in [0, 0.1) is 5.92 Å². The summed E-state index contributed by atoms with van der Waals surface area (Å²) < 4.78 is 5.48. The molecular formula is C16H32O2. The zero-order chi connectivity index (χ0) is 13.5. The highest BCUT2D eigenvalue weighted by Gasteiger charge is 2.08. The molecular weight excluding hydrogens is 224 g/mol. The Balaban J connectivity index is 3.59. The summed E-state index contributed by atoms with van der Waals surface area (Å²) in [5.74, 6) is 0.832. The van der Waals surface area contributed by atoms with Gasteiger partial charge in [-0.15, -0.1) is 0 Å². The number of hydrogen-bond donors (Lipinski definition) is 0. The van der Waals surface area contributed by atoms with Crippen LogP contribution in [0.2, 0.25) is 0 Å². The van der Waals surface area contributed by atoms with Gasteiger partial charge in [0.15, 0.2) is 0 Å². The van der Waals surface area contributed by atoms with E-state index in [4.69, 9.17) is 4.74 Å². The van der Waals surface area contributed by atoms with E-state index in [0.29, 0.717) is 13.0 Å². The van der Waals surface area contributed by atoms with Gasteiger partial charge in [0.1, 0.15) is 6.29 Å². The molecule has 1 unspecified atom stereocenters. The van der Waals surface area contributed by atoms with E-state index in [1.165, 1.54) is 57.8 Å². The molecule has 2 nitrogen and oxygen atoms in total. The Morgan fingerprint density at radius 3 is 2.28 bits per heavy atom. The molecule has 0 amide bonds. The number of ether oxygens (including phenoxy) is 1. The highest BCUT2D eigenvalue weighted by molar-refractivity contribution is 5.49. The largest absolute Gasteiger partial charge is 0.381 e. The van der Waals surface area contributed by atoms with Crippen molar-refractivity contribution in [2.75, 3.05) is 13.2 Å². The molecule has 0 saturated heterocycles. The van der Waals surface area contributed by atoms with Gasteiger partial charge in [-0.2, -0.15) is 0 Å². The third kappa shape index (κ3) is 12.1. The first-order valence-electron chi connectivity index (χ1n) is 7.86. The monoisotopic (exact) mass is 256 g/mol. The molecule has 108 valence electrons. The average molecular weight is 256 g/mol. The number of rotatable bonds is 14. The Morgan fingerprint density at radius 1 is 0.889 bits per heavy atom. The molecule has 0 aromatic carbocycles. The van der Waals surface area contributed by atoms with Crippen LogP contribution in [0.5, 0.6) is 0 Å². The van der Waals surface area contributed by atoms with Crippen molar-refractivity contribution in [3.63, 3.8) is 0 Å². The molecule has 0 heterocycles. The molecule has 0 aliphatic carbocycles. The van der Waals surface area contributed by atoms with Crippen LogP contribution in [0.1, 0.15) is 78.1 Å². The molecule has 0 aliphatic rings. The van der Waals surface area contributed by atoms with Gasteiger partial charge in [-0.1, -0.05) is 65.2 Å². The summed E-state index contributed by atoms with van der Waals surface area (Å²) in [4.78, 5) is 10.2. The second-order valence-electron chi connectivity index (χ2n) is 5.21. The average Bonchev–Trinajstić information content (AvgIpc) is 2.39. The third-order valence-electron chi connectivity index (χ3n) is 3.48. The van der Waals surface area contributed by atoms with Gasteiger partial charge in [-0.3, -0.25) is 0 Å². The first kappa shape index (κ1) is 17.6. The molecule has 0 radical (unpaired) electrons. The smallest absolute Gasteiger partial charge is 0.122 e. The number of carbonyl (C=O) groups excluding carboxylic acids is 1. The lowest BCUT2D eigenvalue weighted by Crippen LogP contribution is -2.07. The van der Waals surface area contributed by atoms with Gasteiger partial charge in [0, 0.05) is 13.0 Å². The number of aldehydes is 1. The molecule has 0 aliphatic heterocycles. The minimum absolute atomic E-state index is 0.538. The molecule has 0 N–H and O–H groups in total. The Kier molecular flexibility index (Phi) is 14.4. The zero-order valence-electron chi connectivity index (χ0n) is 12.5. The van der Waals surface area contributed by atoms with Gasteiger partial charge >= 0.3 is 0 Å². The summed E-state index contributed by atoms with van der Waals surface area (Å²) in [6, 6.07) is 0. The Hall–Kier alpha value is -0.370. The van der Waals surface area contributed by atoms with Gasteiger partial charge < -0.3 is 9.53 Å². The normalized spacial score (nSPS) is 12.6. The van der Waals surface area contributed by atoms with Crippen molar-refractivity contribution in [3.8, 4) is 0 Å². The fourth-order valence-electron chi connectivity index (χ4n) is 2.27. The molecule has 0 saturated carbocycles. The van der Waals surface area contributed by atoms with E-state index in [9.17, 15) is 4.79 Å². The van der Waals surface area contributed by atoms with E-state index in [1.54, 1.807) is 0 Å². The number of carbonyl (C=O) groups is 1. The van der Waals surface area contributed by atoms with Gasteiger partial charge in [0.25, 0.3) is 0 Å². The Bertz CT molecular complexity index is 168. The van der Waals surface area contributed by atoms with Crippen molar-refractivity contribution >= 4 is 6.29 Å². The zero-order valence-corrected chi connectivity index (χ0v) is 12.5. The van der Waals surface area contributed by atoms with E-state index >= 15 is 0 Å². The summed E-state index contributed by atoms with van der Waals surface area (Å²) in [7, 11) is 0. The van der Waals surface area contributed by atoms with E-state index in [0.717, 1.165) is 18.8 Å². The first-order valence-corrected chi connectivity index (χ1v) is 7.86. The number of unbranched alkanes of at least 4 members (excludes halogenated alkanes) is 4. The van der Waals surface area contributed by atoms with E-state index < -0.39 is 0 Å². The van der Waals surface area contributed by atoms with Crippen molar-refractivity contribution in [2.45, 2.75) is 78.1 Å². The maximum Gasteiger partial charge on any atom is 0.122 e. The van der Waals surface area contributed by atoms with Crippen molar-refractivity contribution in [1.29, 1.82) is 0 Å². The van der Waals surface area contributed by atoms with Crippen molar-refractivity contribution < 1.29 is 9.53 Å². The summed E-state index contributed by atoms with van der Waals surface area (Å²) in [5.41, 5.74) is 0.